The van der Waals surface area contributed by atoms with E-state index in [0.717, 1.165) is 19.4 Å². The standard InChI is InChI=1S/C13H17N3O2/c1-2-3-5-12(17)16-9-6-11(10-16)18-13-14-7-4-8-15-13/h2,4,7-8,11H,1,3,5-6,9-10H2/t11-/m0/s1. The summed E-state index contributed by atoms with van der Waals surface area (Å²) in [6, 6.07) is 2.12. The Morgan fingerprint density at radius 1 is 1.56 bits per heavy atom. The Balaban J connectivity index is 1.81. The van der Waals surface area contributed by atoms with Crippen molar-refractivity contribution in [1.82, 2.24) is 14.9 Å². The van der Waals surface area contributed by atoms with Gasteiger partial charge in [0.2, 0.25) is 5.91 Å². The van der Waals surface area contributed by atoms with Gasteiger partial charge in [0.15, 0.2) is 0 Å². The first kappa shape index (κ1) is 12.5. The summed E-state index contributed by atoms with van der Waals surface area (Å²) in [5, 5.41) is 0. The molecule has 0 aromatic carbocycles. The molecule has 1 fully saturated rings. The van der Waals surface area contributed by atoms with E-state index in [1.807, 2.05) is 4.90 Å². The second-order valence-electron chi connectivity index (χ2n) is 4.23. The van der Waals surface area contributed by atoms with Crippen LogP contribution in [-0.2, 0) is 4.79 Å². The molecule has 0 aliphatic carbocycles. The van der Waals surface area contributed by atoms with Crippen LogP contribution in [0.4, 0.5) is 0 Å². The second-order valence-corrected chi connectivity index (χ2v) is 4.23. The van der Waals surface area contributed by atoms with Gasteiger partial charge in [-0.05, 0) is 12.5 Å². The van der Waals surface area contributed by atoms with Gasteiger partial charge in [0.1, 0.15) is 6.10 Å². The van der Waals surface area contributed by atoms with E-state index in [-0.39, 0.29) is 12.0 Å². The first-order valence-corrected chi connectivity index (χ1v) is 6.12. The van der Waals surface area contributed by atoms with Gasteiger partial charge in [-0.15, -0.1) is 6.58 Å². The van der Waals surface area contributed by atoms with Gasteiger partial charge in [0.05, 0.1) is 6.54 Å². The number of nitrogens with zero attached hydrogens (tertiary/aromatic N) is 3. The molecule has 0 spiro atoms. The van der Waals surface area contributed by atoms with Gasteiger partial charge >= 0.3 is 6.01 Å². The Bertz CT molecular complexity index is 408. The highest BCUT2D eigenvalue weighted by atomic mass is 16.5. The number of amides is 1. The van der Waals surface area contributed by atoms with E-state index in [1.165, 1.54) is 0 Å². The predicted octanol–water partition coefficient (Wildman–Crippen LogP) is 1.42. The summed E-state index contributed by atoms with van der Waals surface area (Å²) in [5.41, 5.74) is 0. The van der Waals surface area contributed by atoms with Crippen LogP contribution in [0.2, 0.25) is 0 Å². The number of ether oxygens (including phenoxy) is 1. The van der Waals surface area contributed by atoms with Crippen molar-refractivity contribution >= 4 is 5.91 Å². The van der Waals surface area contributed by atoms with Crippen LogP contribution < -0.4 is 4.74 Å². The molecule has 0 unspecified atom stereocenters. The van der Waals surface area contributed by atoms with E-state index in [4.69, 9.17) is 4.74 Å². The summed E-state index contributed by atoms with van der Waals surface area (Å²) in [5.74, 6) is 0.162. The average Bonchev–Trinajstić information content (AvgIpc) is 2.86. The molecule has 0 N–H and O–H groups in total. The maximum atomic E-state index is 11.8. The predicted molar refractivity (Wildman–Crippen MR) is 67.1 cm³/mol. The first-order valence-electron chi connectivity index (χ1n) is 6.12. The van der Waals surface area contributed by atoms with Crippen LogP contribution in [-0.4, -0.2) is 40.0 Å². The third kappa shape index (κ3) is 3.29. The fraction of sp³-hybridized carbons (Fsp3) is 0.462. The van der Waals surface area contributed by atoms with Crippen molar-refractivity contribution in [1.29, 1.82) is 0 Å². The number of carbonyl (C=O) groups is 1. The van der Waals surface area contributed by atoms with Gasteiger partial charge in [-0.25, -0.2) is 9.97 Å². The summed E-state index contributed by atoms with van der Waals surface area (Å²) in [7, 11) is 0. The van der Waals surface area contributed by atoms with Crippen molar-refractivity contribution in [2.45, 2.75) is 25.4 Å². The monoisotopic (exact) mass is 247 g/mol. The molecule has 0 saturated carbocycles. The molecule has 1 amide bonds. The average molecular weight is 247 g/mol. The van der Waals surface area contributed by atoms with Gasteiger partial charge in [-0.1, -0.05) is 6.08 Å². The summed E-state index contributed by atoms with van der Waals surface area (Å²) in [6.07, 6.45) is 7.13. The topological polar surface area (TPSA) is 55.3 Å². The fourth-order valence-corrected chi connectivity index (χ4v) is 1.93. The molecule has 5 nitrogen and oxygen atoms in total. The molecule has 1 aromatic rings. The molecular formula is C13H17N3O2. The van der Waals surface area contributed by atoms with Crippen LogP contribution in [0.5, 0.6) is 6.01 Å². The number of likely N-dealkylation sites (tertiary alicyclic amines) is 1. The lowest BCUT2D eigenvalue weighted by Crippen LogP contribution is -2.30. The summed E-state index contributed by atoms with van der Waals surface area (Å²) < 4.78 is 5.62. The fourth-order valence-electron chi connectivity index (χ4n) is 1.93. The summed E-state index contributed by atoms with van der Waals surface area (Å²) in [6.45, 7) is 4.98. The van der Waals surface area contributed by atoms with E-state index >= 15 is 0 Å². The minimum absolute atomic E-state index is 0.0000751. The molecule has 0 bridgehead atoms. The zero-order valence-electron chi connectivity index (χ0n) is 10.3. The highest BCUT2D eigenvalue weighted by Gasteiger charge is 2.27. The lowest BCUT2D eigenvalue weighted by molar-refractivity contribution is -0.130. The van der Waals surface area contributed by atoms with Crippen molar-refractivity contribution in [2.75, 3.05) is 13.1 Å². The zero-order valence-corrected chi connectivity index (χ0v) is 10.3. The number of allylic oxidation sites excluding steroid dienone is 1. The van der Waals surface area contributed by atoms with E-state index in [1.54, 1.807) is 24.5 Å². The molecule has 1 aliphatic rings. The van der Waals surface area contributed by atoms with Crippen LogP contribution in [0.1, 0.15) is 19.3 Å². The van der Waals surface area contributed by atoms with Crippen LogP contribution in [0.25, 0.3) is 0 Å². The Morgan fingerprint density at radius 3 is 3.06 bits per heavy atom. The van der Waals surface area contributed by atoms with Crippen molar-refractivity contribution in [3.63, 3.8) is 0 Å². The van der Waals surface area contributed by atoms with Crippen molar-refractivity contribution in [3.8, 4) is 6.01 Å². The molecule has 18 heavy (non-hydrogen) atoms. The maximum absolute atomic E-state index is 11.8. The SMILES string of the molecule is C=CCCC(=O)N1CC[C@H](Oc2ncccn2)C1. The molecule has 1 aromatic heterocycles. The van der Waals surface area contributed by atoms with Crippen LogP contribution >= 0.6 is 0 Å². The van der Waals surface area contributed by atoms with Gasteiger partial charge in [-0.3, -0.25) is 4.79 Å². The van der Waals surface area contributed by atoms with Gasteiger partial charge in [0.25, 0.3) is 0 Å². The van der Waals surface area contributed by atoms with E-state index in [0.29, 0.717) is 19.0 Å². The quantitative estimate of drug-likeness (QED) is 0.738. The maximum Gasteiger partial charge on any atom is 0.316 e. The third-order valence-electron chi connectivity index (χ3n) is 2.87. The number of hydrogen-bond donors (Lipinski definition) is 0. The Hall–Kier alpha value is -1.91. The molecule has 2 heterocycles. The lowest BCUT2D eigenvalue weighted by atomic mass is 10.3. The van der Waals surface area contributed by atoms with Crippen LogP contribution in [0.15, 0.2) is 31.1 Å². The molecule has 1 aliphatic heterocycles. The highest BCUT2D eigenvalue weighted by Crippen LogP contribution is 2.15. The lowest BCUT2D eigenvalue weighted by Gasteiger charge is -2.16. The van der Waals surface area contributed by atoms with Crippen molar-refractivity contribution in [3.05, 3.63) is 31.1 Å². The van der Waals surface area contributed by atoms with E-state index < -0.39 is 0 Å². The number of rotatable bonds is 5. The Labute approximate surface area is 106 Å². The summed E-state index contributed by atoms with van der Waals surface area (Å²) in [4.78, 5) is 21.6. The molecule has 96 valence electrons. The molecule has 2 rings (SSSR count). The first-order chi connectivity index (χ1) is 8.79. The molecule has 5 heteroatoms. The third-order valence-corrected chi connectivity index (χ3v) is 2.87. The zero-order chi connectivity index (χ0) is 12.8. The van der Waals surface area contributed by atoms with E-state index in [2.05, 4.69) is 16.5 Å². The van der Waals surface area contributed by atoms with Crippen molar-refractivity contribution in [2.24, 2.45) is 0 Å². The number of carbonyl (C=O) groups excluding carboxylic acids is 1. The normalized spacial score (nSPS) is 18.7. The largest absolute Gasteiger partial charge is 0.458 e. The molecule has 1 saturated heterocycles. The molecular weight excluding hydrogens is 230 g/mol. The van der Waals surface area contributed by atoms with Gasteiger partial charge < -0.3 is 9.64 Å². The number of hydrogen-bond acceptors (Lipinski definition) is 4. The smallest absolute Gasteiger partial charge is 0.316 e. The van der Waals surface area contributed by atoms with Crippen LogP contribution in [0.3, 0.4) is 0 Å². The van der Waals surface area contributed by atoms with Crippen molar-refractivity contribution < 1.29 is 9.53 Å². The summed E-state index contributed by atoms with van der Waals surface area (Å²) >= 11 is 0. The highest BCUT2D eigenvalue weighted by molar-refractivity contribution is 5.76. The molecule has 1 atom stereocenters. The number of aromatic nitrogens is 2. The Kier molecular flexibility index (Phi) is 4.28. The second kappa shape index (κ2) is 6.14. The van der Waals surface area contributed by atoms with Gasteiger partial charge in [0, 0.05) is 31.8 Å². The van der Waals surface area contributed by atoms with E-state index in [9.17, 15) is 4.79 Å². The minimum atomic E-state index is 0.0000751. The Morgan fingerprint density at radius 2 is 2.33 bits per heavy atom. The van der Waals surface area contributed by atoms with Crippen LogP contribution in [0, 0.1) is 0 Å². The minimum Gasteiger partial charge on any atom is -0.458 e. The van der Waals surface area contributed by atoms with Gasteiger partial charge in [-0.2, -0.15) is 0 Å². The molecule has 0 radical (unpaired) electrons.